The van der Waals surface area contributed by atoms with Crippen LogP contribution in [-0.2, 0) is 47.9 Å². The summed E-state index contributed by atoms with van der Waals surface area (Å²) in [7, 11) is 0. The number of primary amides is 2. The molecule has 57 heavy (non-hydrogen) atoms. The lowest BCUT2D eigenvalue weighted by molar-refractivity contribution is -0.141. The molecular formula is C34H60N10O13. The third-order valence-corrected chi connectivity index (χ3v) is 8.07. The fourth-order valence-corrected chi connectivity index (χ4v) is 5.07. The minimum Gasteiger partial charge on any atom is -0.481 e. The SMILES string of the molecule is CC(C)C[C@H](NC(=O)[C@@H](NC(=O)[C@H](CCC(N)=O)NC(=O)CNC(=O)[C@H](CO)NC(=O)[C@H](CC(=O)O)NC(=O)[C@H](CO)NC(=O)[C@@H](N)CC(C)C)C(C)C)C(N)=O. The number of aliphatic carboxylic acids is 1. The molecule has 0 aliphatic carbocycles. The summed E-state index contributed by atoms with van der Waals surface area (Å²) in [6.07, 6.45) is -1.28. The van der Waals surface area contributed by atoms with Gasteiger partial charge in [0.15, 0.2) is 0 Å². The van der Waals surface area contributed by atoms with Crippen LogP contribution in [0.25, 0.3) is 0 Å². The minimum absolute atomic E-state index is 0.0127. The molecule has 9 amide bonds. The number of carboxylic acids is 1. The molecule has 0 radical (unpaired) electrons. The molecule has 0 rings (SSSR count). The van der Waals surface area contributed by atoms with Gasteiger partial charge in [-0.15, -0.1) is 0 Å². The Hall–Kier alpha value is -5.42. The van der Waals surface area contributed by atoms with Crippen molar-refractivity contribution in [2.24, 2.45) is 35.0 Å². The summed E-state index contributed by atoms with van der Waals surface area (Å²) in [6.45, 7) is 7.53. The Morgan fingerprint density at radius 1 is 0.561 bits per heavy atom. The molecule has 7 atom stereocenters. The second-order valence-electron chi connectivity index (χ2n) is 14.5. The first-order chi connectivity index (χ1) is 26.4. The number of nitrogens with two attached hydrogens (primary N) is 3. The van der Waals surface area contributed by atoms with Crippen LogP contribution in [0.4, 0.5) is 0 Å². The molecule has 0 aromatic carbocycles. The first kappa shape index (κ1) is 51.6. The second kappa shape index (κ2) is 25.7. The van der Waals surface area contributed by atoms with Gasteiger partial charge in [0, 0.05) is 6.42 Å². The van der Waals surface area contributed by atoms with Gasteiger partial charge >= 0.3 is 5.97 Å². The number of carboxylic acid groups (broad SMARTS) is 1. The Kier molecular flexibility index (Phi) is 23.2. The molecule has 0 bridgehead atoms. The summed E-state index contributed by atoms with van der Waals surface area (Å²) in [4.78, 5) is 125. The summed E-state index contributed by atoms with van der Waals surface area (Å²) in [5.41, 5.74) is 16.4. The molecule has 0 aromatic rings. The van der Waals surface area contributed by atoms with Crippen molar-refractivity contribution in [3.8, 4) is 0 Å². The molecule has 0 fully saturated rings. The number of nitrogens with one attached hydrogen (secondary N) is 7. The predicted octanol–water partition coefficient (Wildman–Crippen LogP) is -5.70. The Bertz CT molecular complexity index is 1440. The smallest absolute Gasteiger partial charge is 0.305 e. The van der Waals surface area contributed by atoms with Crippen LogP contribution in [0.15, 0.2) is 0 Å². The van der Waals surface area contributed by atoms with Gasteiger partial charge in [0.05, 0.1) is 32.2 Å². The summed E-state index contributed by atoms with van der Waals surface area (Å²) in [5.74, 6) is -10.8. The maximum Gasteiger partial charge on any atom is 0.305 e. The molecule has 0 aromatic heterocycles. The maximum absolute atomic E-state index is 13.3. The third-order valence-electron chi connectivity index (χ3n) is 8.07. The zero-order valence-corrected chi connectivity index (χ0v) is 33.1. The van der Waals surface area contributed by atoms with Crippen LogP contribution in [-0.4, -0.2) is 137 Å². The van der Waals surface area contributed by atoms with Gasteiger partial charge in [-0.3, -0.25) is 47.9 Å². The molecule has 0 spiro atoms. The van der Waals surface area contributed by atoms with Gasteiger partial charge in [0.2, 0.25) is 53.2 Å². The minimum atomic E-state index is -1.88. The number of hydrogen-bond acceptors (Lipinski definition) is 13. The van der Waals surface area contributed by atoms with Crippen molar-refractivity contribution in [2.75, 3.05) is 19.8 Å². The standard InChI is InChI=1S/C34H60N10O13/c1-15(2)9-18(35)29(52)42-23(14-46)33(56)41-21(11-26(49)50)32(55)43-22(13-45)30(53)38-12-25(48)39-19(7-8-24(36)47)31(54)44-27(17(5)6)34(57)40-20(28(37)51)10-16(3)4/h15-23,27,45-46H,7-14,35H2,1-6H3,(H2,36,47)(H2,37,51)(H,38,53)(H,39,48)(H,40,57)(H,41,56)(H,42,52)(H,43,55)(H,44,54)(H,49,50)/t18-,19-,20-,21-,22-,23-,27-/m0/s1. The number of rotatable bonds is 27. The van der Waals surface area contributed by atoms with Crippen molar-refractivity contribution in [3.63, 3.8) is 0 Å². The second-order valence-corrected chi connectivity index (χ2v) is 14.5. The van der Waals surface area contributed by atoms with Crippen molar-refractivity contribution in [1.29, 1.82) is 0 Å². The average Bonchev–Trinajstić information content (AvgIpc) is 3.10. The van der Waals surface area contributed by atoms with E-state index in [0.29, 0.717) is 0 Å². The van der Waals surface area contributed by atoms with E-state index in [2.05, 4.69) is 31.9 Å². The van der Waals surface area contributed by atoms with E-state index < -0.39 is 134 Å². The van der Waals surface area contributed by atoms with Crippen molar-refractivity contribution >= 4 is 59.1 Å². The van der Waals surface area contributed by atoms with Crippen molar-refractivity contribution < 1.29 is 63.3 Å². The molecule has 324 valence electrons. The zero-order valence-electron chi connectivity index (χ0n) is 33.1. The number of aliphatic hydroxyl groups is 2. The highest BCUT2D eigenvalue weighted by Gasteiger charge is 2.33. The van der Waals surface area contributed by atoms with Crippen molar-refractivity contribution in [3.05, 3.63) is 0 Å². The largest absolute Gasteiger partial charge is 0.481 e. The highest BCUT2D eigenvalue weighted by molar-refractivity contribution is 5.98. The van der Waals surface area contributed by atoms with E-state index in [-0.39, 0.29) is 37.5 Å². The van der Waals surface area contributed by atoms with Crippen LogP contribution in [0.1, 0.15) is 73.6 Å². The highest BCUT2D eigenvalue weighted by Crippen LogP contribution is 2.09. The van der Waals surface area contributed by atoms with E-state index in [1.54, 1.807) is 27.7 Å². The molecule has 23 nitrogen and oxygen atoms in total. The maximum atomic E-state index is 13.3. The quantitative estimate of drug-likeness (QED) is 0.0368. The van der Waals surface area contributed by atoms with Gasteiger partial charge in [-0.1, -0.05) is 41.5 Å². The van der Waals surface area contributed by atoms with Crippen molar-refractivity contribution in [2.45, 2.75) is 116 Å². The van der Waals surface area contributed by atoms with Crippen molar-refractivity contribution in [1.82, 2.24) is 37.2 Å². The van der Waals surface area contributed by atoms with Crippen LogP contribution in [0.3, 0.4) is 0 Å². The van der Waals surface area contributed by atoms with Crippen LogP contribution in [0.2, 0.25) is 0 Å². The molecular weight excluding hydrogens is 756 g/mol. The Balaban J connectivity index is 5.73. The molecule has 0 saturated heterocycles. The Labute approximate surface area is 330 Å². The van der Waals surface area contributed by atoms with E-state index in [4.69, 9.17) is 17.2 Å². The number of amides is 9. The van der Waals surface area contributed by atoms with E-state index in [0.717, 1.165) is 0 Å². The van der Waals surface area contributed by atoms with Gasteiger partial charge in [-0.2, -0.15) is 0 Å². The topological polar surface area (TPSA) is 394 Å². The van der Waals surface area contributed by atoms with Crippen LogP contribution in [0.5, 0.6) is 0 Å². The number of carbonyl (C=O) groups is 10. The summed E-state index contributed by atoms with van der Waals surface area (Å²) >= 11 is 0. The first-order valence-corrected chi connectivity index (χ1v) is 18.3. The van der Waals surface area contributed by atoms with Gasteiger partial charge in [0.25, 0.3) is 0 Å². The lowest BCUT2D eigenvalue weighted by Gasteiger charge is -2.27. The molecule has 23 heteroatoms. The van der Waals surface area contributed by atoms with Gasteiger partial charge in [-0.25, -0.2) is 0 Å². The fraction of sp³-hybridized carbons (Fsp3) is 0.706. The molecule has 0 unspecified atom stereocenters. The molecule has 0 heterocycles. The first-order valence-electron chi connectivity index (χ1n) is 18.3. The van der Waals surface area contributed by atoms with E-state index in [9.17, 15) is 63.3 Å². The van der Waals surface area contributed by atoms with Crippen LogP contribution >= 0.6 is 0 Å². The Morgan fingerprint density at radius 2 is 1.04 bits per heavy atom. The summed E-state index contributed by atoms with van der Waals surface area (Å²) in [5, 5.41) is 44.5. The van der Waals surface area contributed by atoms with Gasteiger partial charge in [-0.05, 0) is 37.0 Å². The number of carbonyl (C=O) groups excluding carboxylic acids is 9. The number of aliphatic hydroxyl groups excluding tert-OH is 2. The Morgan fingerprint density at radius 3 is 1.51 bits per heavy atom. The third kappa shape index (κ3) is 20.4. The predicted molar refractivity (Wildman–Crippen MR) is 200 cm³/mol. The molecule has 0 aliphatic rings. The highest BCUT2D eigenvalue weighted by atomic mass is 16.4. The molecule has 0 saturated carbocycles. The van der Waals surface area contributed by atoms with E-state index in [1.807, 2.05) is 19.2 Å². The molecule has 16 N–H and O–H groups in total. The van der Waals surface area contributed by atoms with E-state index in [1.165, 1.54) is 0 Å². The average molecular weight is 817 g/mol. The summed E-state index contributed by atoms with van der Waals surface area (Å²) < 4.78 is 0. The summed E-state index contributed by atoms with van der Waals surface area (Å²) in [6, 6.07) is -10.1. The molecule has 0 aliphatic heterocycles. The van der Waals surface area contributed by atoms with Gasteiger partial charge in [0.1, 0.15) is 36.3 Å². The number of hydrogen-bond donors (Lipinski definition) is 13. The van der Waals surface area contributed by atoms with Crippen LogP contribution < -0.4 is 54.4 Å². The lowest BCUT2D eigenvalue weighted by Crippen LogP contribution is -2.60. The lowest BCUT2D eigenvalue weighted by atomic mass is 9.99. The normalized spacial score (nSPS) is 14.8. The zero-order chi connectivity index (χ0) is 44.2. The monoisotopic (exact) mass is 816 g/mol. The van der Waals surface area contributed by atoms with E-state index >= 15 is 0 Å². The fourth-order valence-electron chi connectivity index (χ4n) is 5.07. The van der Waals surface area contributed by atoms with Crippen LogP contribution in [0, 0.1) is 17.8 Å². The van der Waals surface area contributed by atoms with Gasteiger partial charge < -0.3 is 69.7 Å².